The third-order valence-corrected chi connectivity index (χ3v) is 2.89. The zero-order chi connectivity index (χ0) is 12.2. The molecule has 5 nitrogen and oxygen atoms in total. The summed E-state index contributed by atoms with van der Waals surface area (Å²) in [6.07, 6.45) is 0.221. The van der Waals surface area contributed by atoms with Crippen molar-refractivity contribution >= 4 is 15.8 Å². The first-order valence-electron chi connectivity index (χ1n) is 4.56. The first kappa shape index (κ1) is 12.8. The molecule has 0 spiro atoms. The van der Waals surface area contributed by atoms with E-state index in [9.17, 15) is 13.2 Å². The third-order valence-electron chi connectivity index (χ3n) is 1.96. The lowest BCUT2D eigenvalue weighted by Gasteiger charge is -2.02. The van der Waals surface area contributed by atoms with Crippen LogP contribution in [-0.2, 0) is 26.0 Å². The Labute approximate surface area is 94.3 Å². The van der Waals surface area contributed by atoms with Gasteiger partial charge in [0.15, 0.2) is 5.78 Å². The zero-order valence-corrected chi connectivity index (χ0v) is 9.66. The lowest BCUT2D eigenvalue weighted by Crippen LogP contribution is -2.13. The van der Waals surface area contributed by atoms with Crippen molar-refractivity contribution in [2.45, 2.75) is 11.3 Å². The Kier molecular flexibility index (Phi) is 4.17. The number of rotatable bonds is 5. The molecule has 0 bridgehead atoms. The normalized spacial score (nSPS) is 11.4. The Bertz CT molecular complexity index is 464. The molecular formula is C10H13NO4S. The Balaban J connectivity index is 2.76. The molecule has 6 heteroatoms. The lowest BCUT2D eigenvalue weighted by molar-refractivity contribution is -0.121. The molecule has 0 saturated carbocycles. The van der Waals surface area contributed by atoms with Crippen LogP contribution in [0.4, 0.5) is 0 Å². The quantitative estimate of drug-likeness (QED) is 0.794. The maximum Gasteiger partial charge on any atom is 0.238 e. The van der Waals surface area contributed by atoms with E-state index in [0.29, 0.717) is 0 Å². The largest absolute Gasteiger partial charge is 0.377 e. The number of ether oxygens (including phenoxy) is 1. The summed E-state index contributed by atoms with van der Waals surface area (Å²) in [5.41, 5.74) is 0.731. The van der Waals surface area contributed by atoms with Crippen molar-refractivity contribution in [1.29, 1.82) is 0 Å². The highest BCUT2D eigenvalue weighted by molar-refractivity contribution is 7.89. The fraction of sp³-hybridized carbons (Fsp3) is 0.300. The molecule has 2 N–H and O–H groups in total. The Morgan fingerprint density at radius 2 is 1.88 bits per heavy atom. The fourth-order valence-corrected chi connectivity index (χ4v) is 1.75. The molecule has 0 heterocycles. The Morgan fingerprint density at radius 1 is 1.31 bits per heavy atom. The highest BCUT2D eigenvalue weighted by Crippen LogP contribution is 2.09. The van der Waals surface area contributed by atoms with Gasteiger partial charge < -0.3 is 4.74 Å². The second-order valence-corrected chi connectivity index (χ2v) is 4.90. The van der Waals surface area contributed by atoms with Crippen molar-refractivity contribution in [3.8, 4) is 0 Å². The van der Waals surface area contributed by atoms with Gasteiger partial charge in [0.1, 0.15) is 6.61 Å². The molecular weight excluding hydrogens is 230 g/mol. The molecule has 0 aliphatic heterocycles. The van der Waals surface area contributed by atoms with Crippen LogP contribution in [0.1, 0.15) is 5.56 Å². The number of methoxy groups -OCH3 is 1. The first-order chi connectivity index (χ1) is 7.43. The average molecular weight is 243 g/mol. The van der Waals surface area contributed by atoms with E-state index in [0.717, 1.165) is 5.56 Å². The highest BCUT2D eigenvalue weighted by Gasteiger charge is 2.08. The van der Waals surface area contributed by atoms with Crippen LogP contribution >= 0.6 is 0 Å². The fourth-order valence-electron chi connectivity index (χ4n) is 1.24. The molecule has 1 aromatic carbocycles. The van der Waals surface area contributed by atoms with E-state index in [1.54, 1.807) is 12.1 Å². The molecule has 0 saturated heterocycles. The van der Waals surface area contributed by atoms with Crippen molar-refractivity contribution in [3.05, 3.63) is 29.8 Å². The van der Waals surface area contributed by atoms with Crippen molar-refractivity contribution in [3.63, 3.8) is 0 Å². The number of ketones is 1. The summed E-state index contributed by atoms with van der Waals surface area (Å²) >= 11 is 0. The van der Waals surface area contributed by atoms with E-state index in [1.165, 1.54) is 19.2 Å². The first-order valence-corrected chi connectivity index (χ1v) is 6.10. The van der Waals surface area contributed by atoms with Gasteiger partial charge in [0, 0.05) is 13.5 Å². The maximum atomic E-state index is 11.2. The molecule has 0 fully saturated rings. The smallest absolute Gasteiger partial charge is 0.238 e. The van der Waals surface area contributed by atoms with Crippen LogP contribution in [0, 0.1) is 0 Å². The lowest BCUT2D eigenvalue weighted by atomic mass is 10.1. The van der Waals surface area contributed by atoms with Crippen LogP contribution in [0.3, 0.4) is 0 Å². The van der Waals surface area contributed by atoms with E-state index in [2.05, 4.69) is 4.74 Å². The van der Waals surface area contributed by atoms with Crippen LogP contribution in [0.15, 0.2) is 29.2 Å². The number of primary sulfonamides is 1. The second-order valence-electron chi connectivity index (χ2n) is 3.34. The van der Waals surface area contributed by atoms with Gasteiger partial charge in [0.2, 0.25) is 10.0 Å². The van der Waals surface area contributed by atoms with Crippen molar-refractivity contribution in [1.82, 2.24) is 0 Å². The minimum absolute atomic E-state index is 0.0374. The summed E-state index contributed by atoms with van der Waals surface area (Å²) in [6, 6.07) is 5.89. The number of benzene rings is 1. The molecule has 16 heavy (non-hydrogen) atoms. The second kappa shape index (κ2) is 5.20. The van der Waals surface area contributed by atoms with Gasteiger partial charge in [-0.2, -0.15) is 0 Å². The number of sulfonamides is 1. The monoisotopic (exact) mass is 243 g/mol. The summed E-state index contributed by atoms with van der Waals surface area (Å²) < 4.78 is 26.6. The maximum absolute atomic E-state index is 11.2. The summed E-state index contributed by atoms with van der Waals surface area (Å²) in [4.78, 5) is 11.3. The molecule has 0 atom stereocenters. The summed E-state index contributed by atoms with van der Waals surface area (Å²) in [7, 11) is -2.22. The number of carbonyl (C=O) groups excluding carboxylic acids is 1. The van der Waals surface area contributed by atoms with Gasteiger partial charge in [-0.3, -0.25) is 4.79 Å². The van der Waals surface area contributed by atoms with E-state index in [1.807, 2.05) is 0 Å². The van der Waals surface area contributed by atoms with Gasteiger partial charge in [-0.1, -0.05) is 12.1 Å². The van der Waals surface area contributed by atoms with E-state index < -0.39 is 10.0 Å². The summed E-state index contributed by atoms with van der Waals surface area (Å²) in [6.45, 7) is 0.0525. The standard InChI is InChI=1S/C10H13NO4S/c1-15-7-9(12)6-8-2-4-10(5-3-8)16(11,13)14/h2-5H,6-7H2,1H3,(H2,11,13,14). The van der Waals surface area contributed by atoms with Crippen molar-refractivity contribution < 1.29 is 17.9 Å². The van der Waals surface area contributed by atoms with E-state index in [4.69, 9.17) is 5.14 Å². The van der Waals surface area contributed by atoms with Gasteiger partial charge in [-0.05, 0) is 17.7 Å². The predicted octanol–water partition coefficient (Wildman–Crippen LogP) is 0.0920. The van der Waals surface area contributed by atoms with Crippen LogP contribution in [-0.4, -0.2) is 27.9 Å². The number of carbonyl (C=O) groups is 1. The number of hydrogen-bond donors (Lipinski definition) is 1. The molecule has 0 unspecified atom stereocenters. The summed E-state index contributed by atoms with van der Waals surface area (Å²) in [5.74, 6) is -0.0640. The predicted molar refractivity (Wildman–Crippen MR) is 58.4 cm³/mol. The molecule has 0 radical (unpaired) electrons. The number of Topliss-reactive ketones (excluding diaryl/α,β-unsaturated/α-hetero) is 1. The van der Waals surface area contributed by atoms with Crippen molar-refractivity contribution in [2.24, 2.45) is 5.14 Å². The molecule has 1 aromatic rings. The van der Waals surface area contributed by atoms with Gasteiger partial charge in [0.25, 0.3) is 0 Å². The van der Waals surface area contributed by atoms with Gasteiger partial charge in [-0.15, -0.1) is 0 Å². The molecule has 88 valence electrons. The minimum atomic E-state index is -3.67. The van der Waals surface area contributed by atoms with Crippen LogP contribution in [0.2, 0.25) is 0 Å². The van der Waals surface area contributed by atoms with Crippen LogP contribution in [0.25, 0.3) is 0 Å². The van der Waals surface area contributed by atoms with Gasteiger partial charge >= 0.3 is 0 Å². The van der Waals surface area contributed by atoms with Gasteiger partial charge in [0.05, 0.1) is 4.90 Å². The third kappa shape index (κ3) is 3.73. The molecule has 0 amide bonds. The topological polar surface area (TPSA) is 86.5 Å². The Morgan fingerprint density at radius 3 is 2.31 bits per heavy atom. The molecule has 0 aliphatic rings. The van der Waals surface area contributed by atoms with E-state index >= 15 is 0 Å². The van der Waals surface area contributed by atoms with Crippen LogP contribution < -0.4 is 5.14 Å². The van der Waals surface area contributed by atoms with Crippen LogP contribution in [0.5, 0.6) is 0 Å². The van der Waals surface area contributed by atoms with Gasteiger partial charge in [-0.25, -0.2) is 13.6 Å². The van der Waals surface area contributed by atoms with E-state index in [-0.39, 0.29) is 23.7 Å². The zero-order valence-electron chi connectivity index (χ0n) is 8.84. The summed E-state index contributed by atoms with van der Waals surface area (Å²) in [5, 5.41) is 4.94. The minimum Gasteiger partial charge on any atom is -0.377 e. The SMILES string of the molecule is COCC(=O)Cc1ccc(S(N)(=O)=O)cc1. The number of nitrogens with two attached hydrogens (primary N) is 1. The molecule has 0 aromatic heterocycles. The average Bonchev–Trinajstić information content (AvgIpc) is 2.17. The highest BCUT2D eigenvalue weighted by atomic mass is 32.2. The Hall–Kier alpha value is -1.24. The van der Waals surface area contributed by atoms with Crippen molar-refractivity contribution in [2.75, 3.05) is 13.7 Å². The number of hydrogen-bond acceptors (Lipinski definition) is 4. The molecule has 1 rings (SSSR count). The molecule has 0 aliphatic carbocycles.